The first-order chi connectivity index (χ1) is 12.2. The number of para-hydroxylation sites is 1. The van der Waals surface area contributed by atoms with E-state index in [-0.39, 0.29) is 18.6 Å². The summed E-state index contributed by atoms with van der Waals surface area (Å²) < 4.78 is 16.3. The highest BCUT2D eigenvalue weighted by Gasteiger charge is 2.25. The number of benzene rings is 1. The number of carbonyl (C=O) groups is 1. The van der Waals surface area contributed by atoms with Crippen LogP contribution in [0.5, 0.6) is 17.5 Å². The zero-order chi connectivity index (χ0) is 17.5. The third-order valence-electron chi connectivity index (χ3n) is 3.95. The van der Waals surface area contributed by atoms with Gasteiger partial charge in [0.25, 0.3) is 5.91 Å². The molecule has 0 bridgehead atoms. The van der Waals surface area contributed by atoms with Crippen LogP contribution in [0.25, 0.3) is 0 Å². The van der Waals surface area contributed by atoms with Gasteiger partial charge < -0.3 is 19.1 Å². The summed E-state index contributed by atoms with van der Waals surface area (Å²) >= 11 is 0. The molecule has 0 N–H and O–H groups in total. The summed E-state index contributed by atoms with van der Waals surface area (Å²) in [6.07, 6.45) is 1.65. The number of methoxy groups -OCH3 is 1. The molecule has 1 atom stereocenters. The van der Waals surface area contributed by atoms with E-state index >= 15 is 0 Å². The summed E-state index contributed by atoms with van der Waals surface area (Å²) in [5, 5.41) is 7.85. The molecule has 132 valence electrons. The van der Waals surface area contributed by atoms with Crippen molar-refractivity contribution in [2.75, 3.05) is 26.8 Å². The molecule has 0 radical (unpaired) electrons. The van der Waals surface area contributed by atoms with Gasteiger partial charge in [-0.15, -0.1) is 10.2 Å². The highest BCUT2D eigenvalue weighted by Crippen LogP contribution is 2.18. The zero-order valence-corrected chi connectivity index (χ0v) is 14.1. The van der Waals surface area contributed by atoms with Gasteiger partial charge in [-0.1, -0.05) is 18.2 Å². The van der Waals surface area contributed by atoms with Gasteiger partial charge in [0.1, 0.15) is 11.9 Å². The first-order valence-corrected chi connectivity index (χ1v) is 8.24. The Kier molecular flexibility index (Phi) is 5.66. The van der Waals surface area contributed by atoms with Gasteiger partial charge in [0.2, 0.25) is 11.8 Å². The van der Waals surface area contributed by atoms with E-state index < -0.39 is 0 Å². The fourth-order valence-corrected chi connectivity index (χ4v) is 2.66. The number of hydrogen-bond donors (Lipinski definition) is 0. The van der Waals surface area contributed by atoms with Crippen LogP contribution in [0.3, 0.4) is 0 Å². The fourth-order valence-electron chi connectivity index (χ4n) is 2.66. The molecule has 1 amide bonds. The van der Waals surface area contributed by atoms with Crippen molar-refractivity contribution in [1.29, 1.82) is 0 Å². The van der Waals surface area contributed by atoms with E-state index in [1.807, 2.05) is 30.3 Å². The standard InChI is InChI=1S/C18H21N3O4/c1-23-16-9-10-17(20-19-16)25-15-8-5-11-21(12-15)18(22)13-24-14-6-3-2-4-7-14/h2-4,6-7,9-10,15H,5,8,11-13H2,1H3. The number of piperidine rings is 1. The molecule has 1 aliphatic rings. The molecule has 7 nitrogen and oxygen atoms in total. The molecule has 25 heavy (non-hydrogen) atoms. The summed E-state index contributed by atoms with van der Waals surface area (Å²) in [4.78, 5) is 14.1. The van der Waals surface area contributed by atoms with Gasteiger partial charge >= 0.3 is 0 Å². The van der Waals surface area contributed by atoms with E-state index in [0.717, 1.165) is 12.8 Å². The second-order valence-corrected chi connectivity index (χ2v) is 5.74. The lowest BCUT2D eigenvalue weighted by molar-refractivity contribution is -0.136. The van der Waals surface area contributed by atoms with Crippen molar-refractivity contribution < 1.29 is 19.0 Å². The van der Waals surface area contributed by atoms with Crippen LogP contribution in [0.2, 0.25) is 0 Å². The molecule has 1 fully saturated rings. The predicted molar refractivity (Wildman–Crippen MR) is 90.8 cm³/mol. The summed E-state index contributed by atoms with van der Waals surface area (Å²) in [5.74, 6) is 1.51. The Morgan fingerprint density at radius 2 is 1.92 bits per heavy atom. The molecule has 2 aromatic rings. The van der Waals surface area contributed by atoms with Gasteiger partial charge in [0.15, 0.2) is 6.61 Å². The number of nitrogens with zero attached hydrogens (tertiary/aromatic N) is 3. The highest BCUT2D eigenvalue weighted by molar-refractivity contribution is 5.77. The SMILES string of the molecule is COc1ccc(OC2CCCN(C(=O)COc3ccccc3)C2)nn1. The van der Waals surface area contributed by atoms with E-state index in [2.05, 4.69) is 10.2 Å². The Bertz CT molecular complexity index is 678. The number of ether oxygens (including phenoxy) is 3. The lowest BCUT2D eigenvalue weighted by atomic mass is 10.1. The van der Waals surface area contributed by atoms with Gasteiger partial charge in [0.05, 0.1) is 13.7 Å². The van der Waals surface area contributed by atoms with Gasteiger partial charge in [-0.25, -0.2) is 0 Å². The van der Waals surface area contributed by atoms with Gasteiger partial charge in [-0.3, -0.25) is 4.79 Å². The Balaban J connectivity index is 1.50. The van der Waals surface area contributed by atoms with Crippen LogP contribution in [0.4, 0.5) is 0 Å². The summed E-state index contributed by atoms with van der Waals surface area (Å²) in [6, 6.07) is 12.7. The van der Waals surface area contributed by atoms with E-state index in [4.69, 9.17) is 14.2 Å². The molecule has 1 aromatic carbocycles. The minimum Gasteiger partial charge on any atom is -0.484 e. The van der Waals surface area contributed by atoms with Crippen molar-refractivity contribution in [3.63, 3.8) is 0 Å². The molecule has 1 unspecified atom stereocenters. The van der Waals surface area contributed by atoms with Crippen molar-refractivity contribution in [1.82, 2.24) is 15.1 Å². The van der Waals surface area contributed by atoms with Crippen molar-refractivity contribution in [2.45, 2.75) is 18.9 Å². The Morgan fingerprint density at radius 3 is 2.64 bits per heavy atom. The lowest BCUT2D eigenvalue weighted by Gasteiger charge is -2.32. The number of likely N-dealkylation sites (tertiary alicyclic amines) is 1. The normalized spacial score (nSPS) is 17.0. The maximum atomic E-state index is 12.4. The smallest absolute Gasteiger partial charge is 0.260 e. The second kappa shape index (κ2) is 8.32. The molecule has 0 saturated carbocycles. The number of aromatic nitrogens is 2. The van der Waals surface area contributed by atoms with Crippen LogP contribution in [0.15, 0.2) is 42.5 Å². The van der Waals surface area contributed by atoms with Crippen molar-refractivity contribution in [2.24, 2.45) is 0 Å². The number of carbonyl (C=O) groups excluding carboxylic acids is 1. The van der Waals surface area contributed by atoms with Crippen molar-refractivity contribution >= 4 is 5.91 Å². The van der Waals surface area contributed by atoms with Crippen LogP contribution in [0.1, 0.15) is 12.8 Å². The average Bonchev–Trinajstić information content (AvgIpc) is 2.68. The minimum absolute atomic E-state index is 0.0269. The maximum absolute atomic E-state index is 12.4. The Morgan fingerprint density at radius 1 is 1.16 bits per heavy atom. The molecule has 0 aliphatic carbocycles. The van der Waals surface area contributed by atoms with Gasteiger partial charge in [-0.05, 0) is 25.0 Å². The first-order valence-electron chi connectivity index (χ1n) is 8.24. The summed E-state index contributed by atoms with van der Waals surface area (Å²) in [5.41, 5.74) is 0. The van der Waals surface area contributed by atoms with Crippen LogP contribution in [-0.2, 0) is 4.79 Å². The largest absolute Gasteiger partial charge is 0.484 e. The minimum atomic E-state index is -0.0999. The van der Waals surface area contributed by atoms with E-state index in [0.29, 0.717) is 30.6 Å². The second-order valence-electron chi connectivity index (χ2n) is 5.74. The van der Waals surface area contributed by atoms with Crippen LogP contribution >= 0.6 is 0 Å². The van der Waals surface area contributed by atoms with E-state index in [1.165, 1.54) is 7.11 Å². The van der Waals surface area contributed by atoms with Crippen molar-refractivity contribution in [3.8, 4) is 17.5 Å². The van der Waals surface area contributed by atoms with E-state index in [1.54, 1.807) is 17.0 Å². The molecule has 2 heterocycles. The number of hydrogen-bond acceptors (Lipinski definition) is 6. The molecule has 7 heteroatoms. The third-order valence-corrected chi connectivity index (χ3v) is 3.95. The quantitative estimate of drug-likeness (QED) is 0.798. The van der Waals surface area contributed by atoms with Gasteiger partial charge in [-0.2, -0.15) is 0 Å². The molecule has 1 aromatic heterocycles. The Labute approximate surface area is 146 Å². The highest BCUT2D eigenvalue weighted by atomic mass is 16.5. The van der Waals surface area contributed by atoms with Crippen LogP contribution in [0, 0.1) is 0 Å². The molecule has 3 rings (SSSR count). The maximum Gasteiger partial charge on any atom is 0.260 e. The number of rotatable bonds is 6. The fraction of sp³-hybridized carbons (Fsp3) is 0.389. The van der Waals surface area contributed by atoms with Crippen molar-refractivity contribution in [3.05, 3.63) is 42.5 Å². The van der Waals surface area contributed by atoms with E-state index in [9.17, 15) is 4.79 Å². The lowest BCUT2D eigenvalue weighted by Crippen LogP contribution is -2.46. The average molecular weight is 343 g/mol. The summed E-state index contributed by atoms with van der Waals surface area (Å²) in [7, 11) is 1.53. The molecule has 1 saturated heterocycles. The molecular weight excluding hydrogens is 322 g/mol. The molecular formula is C18H21N3O4. The molecule has 1 aliphatic heterocycles. The predicted octanol–water partition coefficient (Wildman–Crippen LogP) is 1.93. The Hall–Kier alpha value is -2.83. The van der Waals surface area contributed by atoms with Gasteiger partial charge in [0, 0.05) is 18.7 Å². The number of amides is 1. The van der Waals surface area contributed by atoms with Crippen LogP contribution < -0.4 is 14.2 Å². The topological polar surface area (TPSA) is 73.8 Å². The third kappa shape index (κ3) is 4.82. The molecule has 0 spiro atoms. The summed E-state index contributed by atoms with van der Waals surface area (Å²) in [6.45, 7) is 1.26. The van der Waals surface area contributed by atoms with Crippen LogP contribution in [-0.4, -0.2) is 53.9 Å². The zero-order valence-electron chi connectivity index (χ0n) is 14.1. The first kappa shape index (κ1) is 17.0. The monoisotopic (exact) mass is 343 g/mol.